The van der Waals surface area contributed by atoms with Gasteiger partial charge in [0.25, 0.3) is 5.79 Å². The molecule has 1 saturated heterocycles. The second-order valence-corrected chi connectivity index (χ2v) is 8.36. The number of anilines is 1. The normalized spacial score (nSPS) is 15.8. The minimum Gasteiger partial charge on any atom is -0.436 e. The molecule has 0 aliphatic carbocycles. The van der Waals surface area contributed by atoms with Crippen molar-refractivity contribution >= 4 is 62.9 Å². The molecule has 148 valence electrons. The van der Waals surface area contributed by atoms with Crippen LogP contribution in [0.25, 0.3) is 22.6 Å². The Hall–Kier alpha value is -2.59. The van der Waals surface area contributed by atoms with Crippen molar-refractivity contribution in [1.82, 2.24) is 4.98 Å². The predicted molar refractivity (Wildman–Crippen MR) is 115 cm³/mol. The van der Waals surface area contributed by atoms with Crippen LogP contribution in [0, 0.1) is 3.57 Å². The third kappa shape index (κ3) is 4.08. The van der Waals surface area contributed by atoms with Crippen LogP contribution in [0.2, 0.25) is 5.02 Å². The van der Waals surface area contributed by atoms with Crippen molar-refractivity contribution in [2.75, 3.05) is 5.32 Å². The fourth-order valence-electron chi connectivity index (χ4n) is 2.73. The lowest BCUT2D eigenvalue weighted by molar-refractivity contribution is -0.222. The van der Waals surface area contributed by atoms with Crippen molar-refractivity contribution in [1.29, 1.82) is 0 Å². The number of oxazole rings is 1. The fraction of sp³-hybridized carbons (Fsp3) is 0.150. The number of aromatic nitrogens is 1. The Morgan fingerprint density at radius 1 is 1.10 bits per heavy atom. The van der Waals surface area contributed by atoms with Gasteiger partial charge in [0, 0.05) is 29.3 Å². The lowest BCUT2D eigenvalue weighted by Gasteiger charge is -2.29. The molecule has 3 aromatic rings. The number of benzene rings is 2. The van der Waals surface area contributed by atoms with E-state index in [-0.39, 0.29) is 5.57 Å². The maximum Gasteiger partial charge on any atom is 0.350 e. The highest BCUT2D eigenvalue weighted by molar-refractivity contribution is 14.1. The Bertz CT molecular complexity index is 1160. The molecule has 1 aromatic heterocycles. The highest BCUT2D eigenvalue weighted by Gasteiger charge is 2.38. The number of hydrogen-bond acceptors (Lipinski definition) is 7. The summed E-state index contributed by atoms with van der Waals surface area (Å²) >= 11 is 8.45. The molecular weight excluding hydrogens is 511 g/mol. The Balaban J connectivity index is 1.61. The number of hydrogen-bond donors (Lipinski definition) is 1. The highest BCUT2D eigenvalue weighted by Crippen LogP contribution is 2.32. The average molecular weight is 525 g/mol. The quantitative estimate of drug-likeness (QED) is 0.226. The van der Waals surface area contributed by atoms with E-state index in [0.717, 1.165) is 3.57 Å². The first-order valence-corrected chi connectivity index (χ1v) is 9.97. The van der Waals surface area contributed by atoms with Crippen LogP contribution in [0.3, 0.4) is 0 Å². The molecule has 1 fully saturated rings. The van der Waals surface area contributed by atoms with Crippen molar-refractivity contribution in [2.45, 2.75) is 19.6 Å². The molecule has 7 nitrogen and oxygen atoms in total. The number of ether oxygens (including phenoxy) is 2. The fourth-order valence-corrected chi connectivity index (χ4v) is 3.42. The third-order valence-corrected chi connectivity index (χ3v) is 5.05. The van der Waals surface area contributed by atoms with E-state index in [9.17, 15) is 9.59 Å². The van der Waals surface area contributed by atoms with Gasteiger partial charge in [0.05, 0.1) is 10.6 Å². The molecule has 0 radical (unpaired) electrons. The molecular formula is C20H14ClIN2O5. The number of rotatable bonds is 3. The van der Waals surface area contributed by atoms with E-state index < -0.39 is 17.7 Å². The highest BCUT2D eigenvalue weighted by atomic mass is 127. The number of halogens is 2. The van der Waals surface area contributed by atoms with E-state index in [1.807, 2.05) is 12.1 Å². The first kappa shape index (κ1) is 19.7. The zero-order valence-electron chi connectivity index (χ0n) is 15.3. The van der Waals surface area contributed by atoms with E-state index in [2.05, 4.69) is 32.9 Å². The molecule has 0 unspecified atom stereocenters. The first-order valence-electron chi connectivity index (χ1n) is 8.51. The van der Waals surface area contributed by atoms with Crippen LogP contribution in [0.15, 0.2) is 52.6 Å². The smallest absolute Gasteiger partial charge is 0.350 e. The maximum atomic E-state index is 12.0. The summed E-state index contributed by atoms with van der Waals surface area (Å²) in [6.45, 7) is 2.98. The summed E-state index contributed by atoms with van der Waals surface area (Å²) in [5.41, 5.74) is 2.24. The molecule has 2 aromatic carbocycles. The molecule has 1 aliphatic heterocycles. The van der Waals surface area contributed by atoms with Gasteiger partial charge in [-0.3, -0.25) is 0 Å². The SMILES string of the molecule is CC1(C)OC(=O)C(=CNc2ccc3oc(-c4cc(I)ccc4Cl)nc3c2)C(=O)O1. The Labute approximate surface area is 184 Å². The van der Waals surface area contributed by atoms with Gasteiger partial charge in [-0.2, -0.15) is 0 Å². The number of nitrogens with zero attached hydrogens (tertiary/aromatic N) is 1. The Morgan fingerprint density at radius 2 is 1.83 bits per heavy atom. The van der Waals surface area contributed by atoms with E-state index in [1.165, 1.54) is 20.0 Å². The topological polar surface area (TPSA) is 90.7 Å². The van der Waals surface area contributed by atoms with Crippen LogP contribution in [0.1, 0.15) is 13.8 Å². The third-order valence-electron chi connectivity index (χ3n) is 4.05. The van der Waals surface area contributed by atoms with Crippen LogP contribution in [0.4, 0.5) is 5.69 Å². The zero-order valence-corrected chi connectivity index (χ0v) is 18.2. The molecule has 0 spiro atoms. The summed E-state index contributed by atoms with van der Waals surface area (Å²) in [5.74, 6) is -2.38. The number of fused-ring (bicyclic) bond motifs is 1. The molecule has 2 heterocycles. The zero-order chi connectivity index (χ0) is 20.8. The van der Waals surface area contributed by atoms with E-state index in [0.29, 0.717) is 33.3 Å². The summed E-state index contributed by atoms with van der Waals surface area (Å²) < 4.78 is 16.9. The monoisotopic (exact) mass is 524 g/mol. The minimum absolute atomic E-state index is 0.226. The summed E-state index contributed by atoms with van der Waals surface area (Å²) in [6, 6.07) is 10.8. The van der Waals surface area contributed by atoms with Crippen LogP contribution in [-0.2, 0) is 19.1 Å². The molecule has 0 amide bonds. The van der Waals surface area contributed by atoms with Crippen LogP contribution in [0.5, 0.6) is 0 Å². The Kier molecular flexibility index (Phi) is 4.99. The summed E-state index contributed by atoms with van der Waals surface area (Å²) in [6.07, 6.45) is 1.25. The van der Waals surface area contributed by atoms with Crippen molar-refractivity contribution in [3.63, 3.8) is 0 Å². The number of esters is 2. The summed E-state index contributed by atoms with van der Waals surface area (Å²) in [5, 5.41) is 3.43. The van der Waals surface area contributed by atoms with Gasteiger partial charge < -0.3 is 19.2 Å². The van der Waals surface area contributed by atoms with Gasteiger partial charge in [-0.15, -0.1) is 0 Å². The van der Waals surface area contributed by atoms with Crippen LogP contribution >= 0.6 is 34.2 Å². The molecule has 4 rings (SSSR count). The maximum absolute atomic E-state index is 12.0. The number of nitrogens with one attached hydrogen (secondary N) is 1. The standard InChI is InChI=1S/C20H14ClIN2O5/c1-20(2)28-18(25)13(19(26)29-20)9-23-11-4-6-16-15(8-11)24-17(27-16)12-7-10(22)3-5-14(12)21/h3-9,23H,1-2H3. The lowest BCUT2D eigenvalue weighted by atomic mass is 10.2. The number of carbonyl (C=O) groups is 2. The van der Waals surface area contributed by atoms with Crippen molar-refractivity contribution < 1.29 is 23.5 Å². The van der Waals surface area contributed by atoms with Gasteiger partial charge in [-0.1, -0.05) is 11.6 Å². The molecule has 1 N–H and O–H groups in total. The first-order chi connectivity index (χ1) is 13.7. The average Bonchev–Trinajstić information content (AvgIpc) is 3.05. The van der Waals surface area contributed by atoms with E-state index in [4.69, 9.17) is 25.5 Å². The van der Waals surface area contributed by atoms with Gasteiger partial charge in [-0.25, -0.2) is 14.6 Å². The van der Waals surface area contributed by atoms with Gasteiger partial charge in [0.1, 0.15) is 5.52 Å². The van der Waals surface area contributed by atoms with Crippen LogP contribution in [-0.4, -0.2) is 22.7 Å². The molecule has 9 heteroatoms. The largest absolute Gasteiger partial charge is 0.436 e. The minimum atomic E-state index is -1.28. The Morgan fingerprint density at radius 3 is 2.55 bits per heavy atom. The van der Waals surface area contributed by atoms with E-state index in [1.54, 1.807) is 24.3 Å². The number of cyclic esters (lactones) is 2. The van der Waals surface area contributed by atoms with Gasteiger partial charge in [0.15, 0.2) is 11.2 Å². The van der Waals surface area contributed by atoms with Crippen LogP contribution < -0.4 is 5.32 Å². The van der Waals surface area contributed by atoms with Gasteiger partial charge in [-0.05, 0) is 59.0 Å². The van der Waals surface area contributed by atoms with E-state index >= 15 is 0 Å². The van der Waals surface area contributed by atoms with Crippen molar-refractivity contribution in [3.8, 4) is 11.5 Å². The predicted octanol–water partition coefficient (Wildman–Crippen LogP) is 4.88. The lowest BCUT2D eigenvalue weighted by Crippen LogP contribution is -2.42. The van der Waals surface area contributed by atoms with Crippen molar-refractivity contribution in [2.24, 2.45) is 0 Å². The van der Waals surface area contributed by atoms with Crippen molar-refractivity contribution in [3.05, 3.63) is 56.8 Å². The molecule has 0 atom stereocenters. The second kappa shape index (κ2) is 7.34. The molecule has 0 bridgehead atoms. The second-order valence-electron chi connectivity index (χ2n) is 6.71. The molecule has 0 saturated carbocycles. The molecule has 1 aliphatic rings. The summed E-state index contributed by atoms with van der Waals surface area (Å²) in [4.78, 5) is 28.5. The number of carbonyl (C=O) groups excluding carboxylic acids is 2. The van der Waals surface area contributed by atoms with Gasteiger partial charge >= 0.3 is 11.9 Å². The summed E-state index contributed by atoms with van der Waals surface area (Å²) in [7, 11) is 0. The van der Waals surface area contributed by atoms with Gasteiger partial charge in [0.2, 0.25) is 5.89 Å². The molecule has 29 heavy (non-hydrogen) atoms.